The first-order valence-corrected chi connectivity index (χ1v) is 11.9. The Balaban J connectivity index is 1.69. The highest BCUT2D eigenvalue weighted by atomic mass is 35.5. The van der Waals surface area contributed by atoms with Crippen molar-refractivity contribution < 1.29 is 13.2 Å². The van der Waals surface area contributed by atoms with E-state index in [2.05, 4.69) is 10.4 Å². The minimum atomic E-state index is -3.77. The fourth-order valence-electron chi connectivity index (χ4n) is 3.50. The number of halogens is 2. The van der Waals surface area contributed by atoms with Gasteiger partial charge in [-0.05, 0) is 58.7 Å². The molecule has 1 aromatic carbocycles. The van der Waals surface area contributed by atoms with E-state index in [1.807, 2.05) is 33.8 Å². The van der Waals surface area contributed by atoms with Crippen LogP contribution in [0.2, 0.25) is 10.0 Å². The SMILES string of the molecule is Cc1cc(NC(=O)C2CCN(S(=O)(=O)c3cc(Cl)ccc3Cl)CC2)n(C(C)(C)C)n1. The van der Waals surface area contributed by atoms with Crippen LogP contribution < -0.4 is 5.32 Å². The molecule has 1 aliphatic heterocycles. The Bertz CT molecular complexity index is 1050. The van der Waals surface area contributed by atoms with Gasteiger partial charge in [0.1, 0.15) is 10.7 Å². The summed E-state index contributed by atoms with van der Waals surface area (Å²) in [6.45, 7) is 8.39. The molecule has 3 rings (SSSR count). The highest BCUT2D eigenvalue weighted by Gasteiger charge is 2.34. The predicted molar refractivity (Wildman–Crippen MR) is 119 cm³/mol. The molecule has 1 aliphatic rings. The van der Waals surface area contributed by atoms with Crippen LogP contribution in [0, 0.1) is 12.8 Å². The summed E-state index contributed by atoms with van der Waals surface area (Å²) in [6.07, 6.45) is 0.845. The van der Waals surface area contributed by atoms with Gasteiger partial charge in [0.15, 0.2) is 0 Å². The van der Waals surface area contributed by atoms with Crippen LogP contribution in [0.25, 0.3) is 0 Å². The number of amides is 1. The smallest absolute Gasteiger partial charge is 0.244 e. The third-order valence-corrected chi connectivity index (χ3v) is 7.67. The molecule has 0 atom stereocenters. The molecule has 0 saturated carbocycles. The van der Waals surface area contributed by atoms with Crippen LogP contribution in [-0.2, 0) is 20.4 Å². The second kappa shape index (κ2) is 8.49. The zero-order valence-corrected chi connectivity index (χ0v) is 19.8. The van der Waals surface area contributed by atoms with Gasteiger partial charge in [-0.2, -0.15) is 9.40 Å². The summed E-state index contributed by atoms with van der Waals surface area (Å²) in [5, 5.41) is 7.86. The van der Waals surface area contributed by atoms with Crippen LogP contribution in [0.1, 0.15) is 39.3 Å². The summed E-state index contributed by atoms with van der Waals surface area (Å²) in [6, 6.07) is 6.21. The largest absolute Gasteiger partial charge is 0.311 e. The second-order valence-electron chi connectivity index (χ2n) is 8.50. The van der Waals surface area contributed by atoms with Crippen LogP contribution in [0.15, 0.2) is 29.2 Å². The number of carbonyl (C=O) groups excluding carboxylic acids is 1. The Morgan fingerprint density at radius 2 is 1.80 bits per heavy atom. The maximum atomic E-state index is 13.0. The van der Waals surface area contributed by atoms with Crippen LogP contribution in [-0.4, -0.2) is 41.5 Å². The first-order chi connectivity index (χ1) is 13.9. The summed E-state index contributed by atoms with van der Waals surface area (Å²) in [4.78, 5) is 12.8. The Morgan fingerprint density at radius 3 is 2.40 bits per heavy atom. The van der Waals surface area contributed by atoms with Gasteiger partial charge in [-0.25, -0.2) is 13.1 Å². The van der Waals surface area contributed by atoms with Gasteiger partial charge in [0.25, 0.3) is 0 Å². The van der Waals surface area contributed by atoms with Crippen molar-refractivity contribution in [3.8, 4) is 0 Å². The third kappa shape index (κ3) is 4.82. The lowest BCUT2D eigenvalue weighted by Gasteiger charge is -2.31. The van der Waals surface area contributed by atoms with Crippen molar-refractivity contribution in [3.05, 3.63) is 40.0 Å². The summed E-state index contributed by atoms with van der Waals surface area (Å²) in [7, 11) is -3.77. The van der Waals surface area contributed by atoms with Crippen molar-refractivity contribution >= 4 is 45.0 Å². The number of rotatable bonds is 4. The molecule has 1 amide bonds. The summed E-state index contributed by atoms with van der Waals surface area (Å²) < 4.78 is 29.1. The molecule has 30 heavy (non-hydrogen) atoms. The average Bonchev–Trinajstić information content (AvgIpc) is 3.04. The fraction of sp³-hybridized carbons (Fsp3) is 0.500. The summed E-state index contributed by atoms with van der Waals surface area (Å²) >= 11 is 12.0. The van der Waals surface area contributed by atoms with E-state index < -0.39 is 10.0 Å². The first kappa shape index (κ1) is 23.1. The molecular formula is C20H26Cl2N4O3S. The number of hydrogen-bond donors (Lipinski definition) is 1. The van der Waals surface area contributed by atoms with Gasteiger partial charge >= 0.3 is 0 Å². The number of sulfonamides is 1. The highest BCUT2D eigenvalue weighted by Crippen LogP contribution is 2.31. The minimum Gasteiger partial charge on any atom is -0.311 e. The van der Waals surface area contributed by atoms with Gasteiger partial charge in [-0.1, -0.05) is 23.2 Å². The molecular weight excluding hydrogens is 447 g/mol. The van der Waals surface area contributed by atoms with Crippen molar-refractivity contribution in [2.75, 3.05) is 18.4 Å². The van der Waals surface area contributed by atoms with Crippen LogP contribution >= 0.6 is 23.2 Å². The summed E-state index contributed by atoms with van der Waals surface area (Å²) in [5.41, 5.74) is 0.546. The average molecular weight is 473 g/mol. The van der Waals surface area contributed by atoms with Crippen molar-refractivity contribution in [1.29, 1.82) is 0 Å². The molecule has 2 heterocycles. The monoisotopic (exact) mass is 472 g/mol. The Hall–Kier alpha value is -1.61. The van der Waals surface area contributed by atoms with E-state index in [1.54, 1.807) is 10.7 Å². The van der Waals surface area contributed by atoms with E-state index in [4.69, 9.17) is 23.2 Å². The Kier molecular flexibility index (Phi) is 6.53. The molecule has 1 aromatic heterocycles. The number of aryl methyl sites for hydroxylation is 1. The lowest BCUT2D eigenvalue weighted by molar-refractivity contribution is -0.121. The van der Waals surface area contributed by atoms with E-state index in [0.29, 0.717) is 23.7 Å². The van der Waals surface area contributed by atoms with Gasteiger partial charge < -0.3 is 5.32 Å². The lowest BCUT2D eigenvalue weighted by atomic mass is 9.97. The maximum absolute atomic E-state index is 13.0. The normalized spacial score (nSPS) is 16.6. The number of piperidine rings is 1. The number of hydrogen-bond acceptors (Lipinski definition) is 4. The van der Waals surface area contributed by atoms with Gasteiger partial charge in [0, 0.05) is 30.1 Å². The van der Waals surface area contributed by atoms with Crippen molar-refractivity contribution in [3.63, 3.8) is 0 Å². The topological polar surface area (TPSA) is 84.3 Å². The predicted octanol–water partition coefficient (Wildman–Crippen LogP) is 4.29. The van der Waals surface area contributed by atoms with Crippen molar-refractivity contribution in [1.82, 2.24) is 14.1 Å². The fourth-order valence-corrected chi connectivity index (χ4v) is 5.71. The van der Waals surface area contributed by atoms with Crippen molar-refractivity contribution in [2.24, 2.45) is 5.92 Å². The number of anilines is 1. The quantitative estimate of drug-likeness (QED) is 0.718. The molecule has 0 spiro atoms. The molecule has 0 aliphatic carbocycles. The molecule has 0 radical (unpaired) electrons. The number of carbonyl (C=O) groups is 1. The molecule has 1 fully saturated rings. The third-order valence-electron chi connectivity index (χ3n) is 5.05. The number of aromatic nitrogens is 2. The molecule has 7 nitrogen and oxygen atoms in total. The van der Waals surface area contributed by atoms with E-state index >= 15 is 0 Å². The number of nitrogens with one attached hydrogen (secondary N) is 1. The van der Waals surface area contributed by atoms with E-state index in [-0.39, 0.29) is 40.4 Å². The molecule has 164 valence electrons. The second-order valence-corrected chi connectivity index (χ2v) is 11.2. The van der Waals surface area contributed by atoms with Crippen LogP contribution in [0.5, 0.6) is 0 Å². The van der Waals surface area contributed by atoms with E-state index in [0.717, 1.165) is 5.69 Å². The van der Waals surface area contributed by atoms with E-state index in [9.17, 15) is 13.2 Å². The van der Waals surface area contributed by atoms with Gasteiger partial charge in [0.05, 0.1) is 16.3 Å². The maximum Gasteiger partial charge on any atom is 0.244 e. The molecule has 1 saturated heterocycles. The van der Waals surface area contributed by atoms with E-state index in [1.165, 1.54) is 16.4 Å². The lowest BCUT2D eigenvalue weighted by Crippen LogP contribution is -2.41. The number of benzene rings is 1. The Labute approximate surface area is 187 Å². The molecule has 10 heteroatoms. The zero-order chi connectivity index (χ0) is 22.3. The zero-order valence-electron chi connectivity index (χ0n) is 17.4. The van der Waals surface area contributed by atoms with Gasteiger partial charge in [-0.15, -0.1) is 0 Å². The first-order valence-electron chi connectivity index (χ1n) is 9.73. The van der Waals surface area contributed by atoms with Gasteiger partial charge in [0.2, 0.25) is 15.9 Å². The van der Waals surface area contributed by atoms with Crippen LogP contribution in [0.3, 0.4) is 0 Å². The summed E-state index contributed by atoms with van der Waals surface area (Å²) in [5.74, 6) is 0.235. The number of nitrogens with zero attached hydrogens (tertiary/aromatic N) is 3. The molecule has 1 N–H and O–H groups in total. The standard InChI is InChI=1S/C20H26Cl2N4O3S/c1-13-11-18(26(24-13)20(2,3)4)23-19(27)14-7-9-25(10-8-14)30(28,29)17-12-15(21)5-6-16(17)22/h5-6,11-12,14H,7-10H2,1-4H3,(H,23,27). The Morgan fingerprint density at radius 1 is 1.17 bits per heavy atom. The van der Waals surface area contributed by atoms with Crippen LogP contribution in [0.4, 0.5) is 5.82 Å². The highest BCUT2D eigenvalue weighted by molar-refractivity contribution is 7.89. The molecule has 0 unspecified atom stereocenters. The van der Waals surface area contributed by atoms with Gasteiger partial charge in [-0.3, -0.25) is 4.79 Å². The molecule has 0 bridgehead atoms. The minimum absolute atomic E-state index is 0.0101. The van der Waals surface area contributed by atoms with Crippen molar-refractivity contribution in [2.45, 2.75) is 51.0 Å². The molecule has 2 aromatic rings.